The lowest BCUT2D eigenvalue weighted by Gasteiger charge is -2.36. The van der Waals surface area contributed by atoms with Crippen molar-refractivity contribution < 1.29 is 14.3 Å². The Balaban J connectivity index is 1.24. The number of nitrogens with zero attached hydrogens (tertiary/aromatic N) is 2. The van der Waals surface area contributed by atoms with Crippen LogP contribution in [0.25, 0.3) is 0 Å². The summed E-state index contributed by atoms with van der Waals surface area (Å²) in [5, 5.41) is 0. The Kier molecular flexibility index (Phi) is 8.12. The van der Waals surface area contributed by atoms with Crippen molar-refractivity contribution in [3.8, 4) is 5.75 Å². The van der Waals surface area contributed by atoms with Crippen molar-refractivity contribution >= 4 is 5.91 Å². The molecule has 3 aromatic rings. The number of ether oxygens (including phenoxy) is 2. The maximum Gasteiger partial charge on any atom is 0.263 e. The normalized spacial score (nSPS) is 15.4. The van der Waals surface area contributed by atoms with E-state index in [2.05, 4.69) is 29.2 Å². The van der Waals surface area contributed by atoms with Gasteiger partial charge in [0.1, 0.15) is 11.9 Å². The quantitative estimate of drug-likeness (QED) is 0.491. The standard InChI is InChI=1S/C28H32N2O3/c1-23(33-26-15-9-4-10-16-26)28(31)30-19-17-29(18-20-30)21-22-32-27(24-11-5-2-6-12-24)25-13-7-3-8-14-25/h2-16,23,27H,17-22H2,1H3. The van der Waals surface area contributed by atoms with Crippen LogP contribution in [0, 0.1) is 0 Å². The molecule has 0 radical (unpaired) electrons. The predicted octanol–water partition coefficient (Wildman–Crippen LogP) is 4.40. The average Bonchev–Trinajstić information content (AvgIpc) is 2.88. The highest BCUT2D eigenvalue weighted by molar-refractivity contribution is 5.81. The van der Waals surface area contributed by atoms with Crippen LogP contribution in [0.15, 0.2) is 91.0 Å². The third-order valence-electron chi connectivity index (χ3n) is 5.98. The summed E-state index contributed by atoms with van der Waals surface area (Å²) in [4.78, 5) is 17.0. The number of hydrogen-bond donors (Lipinski definition) is 0. The molecule has 1 heterocycles. The van der Waals surface area contributed by atoms with Gasteiger partial charge in [-0.2, -0.15) is 0 Å². The van der Waals surface area contributed by atoms with Crippen LogP contribution in [0.2, 0.25) is 0 Å². The molecule has 0 aromatic heterocycles. The van der Waals surface area contributed by atoms with E-state index < -0.39 is 6.10 Å². The fourth-order valence-corrected chi connectivity index (χ4v) is 4.14. The molecule has 5 nitrogen and oxygen atoms in total. The summed E-state index contributed by atoms with van der Waals surface area (Å²) in [6, 6.07) is 30.2. The molecule has 1 aliphatic rings. The van der Waals surface area contributed by atoms with Gasteiger partial charge in [0.05, 0.1) is 6.61 Å². The van der Waals surface area contributed by atoms with Gasteiger partial charge < -0.3 is 14.4 Å². The molecule has 4 rings (SSSR count). The van der Waals surface area contributed by atoms with E-state index in [-0.39, 0.29) is 12.0 Å². The number of carbonyl (C=O) groups is 1. The number of hydrogen-bond acceptors (Lipinski definition) is 4. The van der Waals surface area contributed by atoms with Crippen molar-refractivity contribution in [1.29, 1.82) is 0 Å². The average molecular weight is 445 g/mol. The lowest BCUT2D eigenvalue weighted by Crippen LogP contribution is -2.52. The van der Waals surface area contributed by atoms with Crippen molar-refractivity contribution in [1.82, 2.24) is 9.80 Å². The smallest absolute Gasteiger partial charge is 0.263 e. The van der Waals surface area contributed by atoms with Gasteiger partial charge in [0.25, 0.3) is 5.91 Å². The minimum Gasteiger partial charge on any atom is -0.481 e. The monoisotopic (exact) mass is 444 g/mol. The SMILES string of the molecule is CC(Oc1ccccc1)C(=O)N1CCN(CCOC(c2ccccc2)c2ccccc2)CC1. The number of para-hydroxylation sites is 1. The van der Waals surface area contributed by atoms with Crippen molar-refractivity contribution in [2.75, 3.05) is 39.3 Å². The van der Waals surface area contributed by atoms with E-state index in [0.29, 0.717) is 19.7 Å². The minimum atomic E-state index is -0.486. The Hall–Kier alpha value is -3.15. The van der Waals surface area contributed by atoms with Gasteiger partial charge in [-0.1, -0.05) is 78.9 Å². The van der Waals surface area contributed by atoms with Gasteiger partial charge in [-0.05, 0) is 30.2 Å². The first-order valence-corrected chi connectivity index (χ1v) is 11.6. The minimum absolute atomic E-state index is 0.0444. The van der Waals surface area contributed by atoms with Gasteiger partial charge >= 0.3 is 0 Å². The molecule has 1 fully saturated rings. The number of benzene rings is 3. The van der Waals surface area contributed by atoms with Crippen LogP contribution in [0.3, 0.4) is 0 Å². The number of piperazine rings is 1. The van der Waals surface area contributed by atoms with E-state index >= 15 is 0 Å². The van der Waals surface area contributed by atoms with Crippen LogP contribution in [-0.2, 0) is 9.53 Å². The van der Waals surface area contributed by atoms with Crippen LogP contribution < -0.4 is 4.74 Å². The Labute approximate surface area is 196 Å². The first-order chi connectivity index (χ1) is 16.2. The molecule has 0 spiro atoms. The fraction of sp³-hybridized carbons (Fsp3) is 0.321. The topological polar surface area (TPSA) is 42.0 Å². The number of carbonyl (C=O) groups excluding carboxylic acids is 1. The second-order valence-corrected chi connectivity index (χ2v) is 8.31. The van der Waals surface area contributed by atoms with Gasteiger partial charge in [-0.25, -0.2) is 0 Å². The highest BCUT2D eigenvalue weighted by atomic mass is 16.5. The first-order valence-electron chi connectivity index (χ1n) is 11.6. The van der Waals surface area contributed by atoms with Crippen LogP contribution in [0.5, 0.6) is 5.75 Å². The summed E-state index contributed by atoms with van der Waals surface area (Å²) < 4.78 is 12.2. The summed E-state index contributed by atoms with van der Waals surface area (Å²) in [5.41, 5.74) is 2.32. The molecule has 1 aliphatic heterocycles. The van der Waals surface area contributed by atoms with Crippen molar-refractivity contribution in [3.05, 3.63) is 102 Å². The van der Waals surface area contributed by atoms with Gasteiger partial charge in [0, 0.05) is 32.7 Å². The van der Waals surface area contributed by atoms with Gasteiger partial charge in [-0.3, -0.25) is 9.69 Å². The molecule has 1 unspecified atom stereocenters. The van der Waals surface area contributed by atoms with Crippen molar-refractivity contribution in [2.45, 2.75) is 19.1 Å². The molecule has 0 saturated carbocycles. The van der Waals surface area contributed by atoms with Crippen LogP contribution in [0.1, 0.15) is 24.2 Å². The van der Waals surface area contributed by atoms with E-state index in [9.17, 15) is 4.79 Å². The lowest BCUT2D eigenvalue weighted by molar-refractivity contribution is -0.139. The van der Waals surface area contributed by atoms with Gasteiger partial charge in [-0.15, -0.1) is 0 Å². The molecule has 0 bridgehead atoms. The molecule has 0 aliphatic carbocycles. The number of rotatable bonds is 9. The lowest BCUT2D eigenvalue weighted by atomic mass is 10.0. The second kappa shape index (κ2) is 11.6. The van der Waals surface area contributed by atoms with Crippen molar-refractivity contribution in [3.63, 3.8) is 0 Å². The van der Waals surface area contributed by atoms with Gasteiger partial charge in [0.2, 0.25) is 0 Å². The summed E-state index contributed by atoms with van der Waals surface area (Å²) in [5.74, 6) is 0.767. The van der Waals surface area contributed by atoms with Crippen LogP contribution in [-0.4, -0.2) is 61.1 Å². The molecule has 0 N–H and O–H groups in total. The van der Waals surface area contributed by atoms with Crippen molar-refractivity contribution in [2.24, 2.45) is 0 Å². The summed E-state index contributed by atoms with van der Waals surface area (Å²) in [7, 11) is 0. The van der Waals surface area contributed by atoms with Crippen LogP contribution in [0.4, 0.5) is 0 Å². The van der Waals surface area contributed by atoms with E-state index in [1.807, 2.05) is 78.6 Å². The Bertz CT molecular complexity index is 934. The predicted molar refractivity (Wildman–Crippen MR) is 130 cm³/mol. The molecule has 1 atom stereocenters. The zero-order valence-electron chi connectivity index (χ0n) is 19.2. The number of amides is 1. The molecular formula is C28H32N2O3. The molecule has 3 aromatic carbocycles. The molecule has 1 amide bonds. The van der Waals surface area contributed by atoms with Gasteiger partial charge in [0.15, 0.2) is 6.10 Å². The van der Waals surface area contributed by atoms with E-state index in [1.54, 1.807) is 0 Å². The van der Waals surface area contributed by atoms with Crippen LogP contribution >= 0.6 is 0 Å². The highest BCUT2D eigenvalue weighted by Crippen LogP contribution is 2.25. The summed E-state index contributed by atoms with van der Waals surface area (Å²) >= 11 is 0. The molecule has 5 heteroatoms. The zero-order valence-corrected chi connectivity index (χ0v) is 19.2. The van der Waals surface area contributed by atoms with E-state index in [0.717, 1.165) is 36.5 Å². The highest BCUT2D eigenvalue weighted by Gasteiger charge is 2.26. The fourth-order valence-electron chi connectivity index (χ4n) is 4.14. The van der Waals surface area contributed by atoms with E-state index in [4.69, 9.17) is 9.47 Å². The zero-order chi connectivity index (χ0) is 22.9. The summed E-state index contributed by atoms with van der Waals surface area (Å²) in [6.45, 7) is 6.40. The molecule has 33 heavy (non-hydrogen) atoms. The van der Waals surface area contributed by atoms with E-state index in [1.165, 1.54) is 0 Å². The summed E-state index contributed by atoms with van der Waals surface area (Å²) in [6.07, 6.45) is -0.564. The maximum atomic E-state index is 12.8. The maximum absolute atomic E-state index is 12.8. The molecule has 172 valence electrons. The Morgan fingerprint density at radius 3 is 1.85 bits per heavy atom. The Morgan fingerprint density at radius 1 is 0.788 bits per heavy atom. The largest absolute Gasteiger partial charge is 0.481 e. The Morgan fingerprint density at radius 2 is 1.30 bits per heavy atom. The third kappa shape index (κ3) is 6.44. The second-order valence-electron chi connectivity index (χ2n) is 8.31. The molecule has 1 saturated heterocycles. The third-order valence-corrected chi connectivity index (χ3v) is 5.98. The first kappa shape index (κ1) is 23.0. The molecular weight excluding hydrogens is 412 g/mol.